The second-order valence-electron chi connectivity index (χ2n) is 8.28. The van der Waals surface area contributed by atoms with Crippen LogP contribution < -0.4 is 5.32 Å². The van der Waals surface area contributed by atoms with E-state index in [1.807, 2.05) is 42.5 Å². The molecule has 0 radical (unpaired) electrons. The number of rotatable bonds is 5. The van der Waals surface area contributed by atoms with E-state index in [9.17, 15) is 4.79 Å². The zero-order valence-electron chi connectivity index (χ0n) is 18.6. The Kier molecular flexibility index (Phi) is 5.85. The van der Waals surface area contributed by atoms with Gasteiger partial charge >= 0.3 is 0 Å². The number of amides is 1. The number of aryl methyl sites for hydroxylation is 2. The Balaban J connectivity index is 1.74. The van der Waals surface area contributed by atoms with Crippen LogP contribution >= 0.6 is 0 Å². The van der Waals surface area contributed by atoms with Crippen molar-refractivity contribution < 1.29 is 4.79 Å². The van der Waals surface area contributed by atoms with Crippen LogP contribution in [-0.2, 0) is 0 Å². The molecule has 1 heterocycles. The highest BCUT2D eigenvalue weighted by atomic mass is 16.1. The predicted octanol–water partition coefficient (Wildman–Crippen LogP) is 7.28. The smallest absolute Gasteiger partial charge is 0.256 e. The topological polar surface area (TPSA) is 42.0 Å². The Labute approximate surface area is 184 Å². The average molecular weight is 409 g/mol. The minimum absolute atomic E-state index is 0.124. The van der Waals surface area contributed by atoms with Gasteiger partial charge in [-0.25, -0.2) is 4.98 Å². The summed E-state index contributed by atoms with van der Waals surface area (Å²) >= 11 is 0. The van der Waals surface area contributed by atoms with Gasteiger partial charge < -0.3 is 5.32 Å². The Hall–Kier alpha value is -3.46. The summed E-state index contributed by atoms with van der Waals surface area (Å²) in [5, 5.41) is 3.92. The van der Waals surface area contributed by atoms with Crippen LogP contribution in [0.3, 0.4) is 0 Å². The maximum atomic E-state index is 13.3. The normalized spacial score (nSPS) is 12.0. The Morgan fingerprint density at radius 1 is 0.968 bits per heavy atom. The highest BCUT2D eigenvalue weighted by Crippen LogP contribution is 2.29. The van der Waals surface area contributed by atoms with Crippen molar-refractivity contribution in [1.29, 1.82) is 0 Å². The van der Waals surface area contributed by atoms with E-state index in [0.29, 0.717) is 11.5 Å². The van der Waals surface area contributed by atoms with E-state index in [1.54, 1.807) is 0 Å². The first kappa shape index (κ1) is 20.8. The molecule has 3 nitrogen and oxygen atoms in total. The van der Waals surface area contributed by atoms with Gasteiger partial charge in [-0.3, -0.25) is 4.79 Å². The summed E-state index contributed by atoms with van der Waals surface area (Å²) in [6, 6.07) is 24.2. The van der Waals surface area contributed by atoms with Crippen LogP contribution in [0.25, 0.3) is 22.2 Å². The van der Waals surface area contributed by atoms with Gasteiger partial charge in [0.05, 0.1) is 16.8 Å². The maximum Gasteiger partial charge on any atom is 0.256 e. The lowest BCUT2D eigenvalue weighted by Gasteiger charge is -2.13. The van der Waals surface area contributed by atoms with Gasteiger partial charge in [0.15, 0.2) is 0 Å². The maximum absolute atomic E-state index is 13.3. The molecule has 1 N–H and O–H groups in total. The number of nitrogens with one attached hydrogen (secondary N) is 1. The fourth-order valence-corrected chi connectivity index (χ4v) is 3.84. The fraction of sp³-hybridized carbons (Fsp3) is 0.214. The SMILES string of the molecule is CC[C@@H](C)c1ccc(NC(=O)c2cc(-c3cc(C)ccc3C)nc3ccccc23)cc1. The molecule has 31 heavy (non-hydrogen) atoms. The number of nitrogens with zero attached hydrogens (tertiary/aromatic N) is 1. The molecule has 0 unspecified atom stereocenters. The molecule has 156 valence electrons. The van der Waals surface area contributed by atoms with Crippen LogP contribution in [0.15, 0.2) is 72.8 Å². The molecule has 3 heteroatoms. The molecule has 4 aromatic rings. The molecule has 0 aliphatic rings. The molecule has 0 fully saturated rings. The van der Waals surface area contributed by atoms with Gasteiger partial charge in [-0.15, -0.1) is 0 Å². The van der Waals surface area contributed by atoms with Crippen molar-refractivity contribution in [2.24, 2.45) is 0 Å². The third kappa shape index (κ3) is 4.36. The van der Waals surface area contributed by atoms with Crippen LogP contribution in [0.5, 0.6) is 0 Å². The lowest BCUT2D eigenvalue weighted by atomic mass is 9.98. The van der Waals surface area contributed by atoms with Crippen molar-refractivity contribution in [3.8, 4) is 11.3 Å². The van der Waals surface area contributed by atoms with Crippen molar-refractivity contribution in [2.75, 3.05) is 5.32 Å². The van der Waals surface area contributed by atoms with Gasteiger partial charge in [0, 0.05) is 16.6 Å². The summed E-state index contributed by atoms with van der Waals surface area (Å²) in [5.41, 5.74) is 7.71. The highest BCUT2D eigenvalue weighted by molar-refractivity contribution is 6.13. The van der Waals surface area contributed by atoms with Gasteiger partial charge in [0.2, 0.25) is 0 Å². The molecule has 0 bridgehead atoms. The van der Waals surface area contributed by atoms with Crippen molar-refractivity contribution in [2.45, 2.75) is 40.0 Å². The van der Waals surface area contributed by atoms with Crippen LogP contribution in [0.2, 0.25) is 0 Å². The lowest BCUT2D eigenvalue weighted by molar-refractivity contribution is 0.102. The third-order valence-corrected chi connectivity index (χ3v) is 5.98. The zero-order valence-corrected chi connectivity index (χ0v) is 18.6. The molecule has 1 atom stereocenters. The summed E-state index contributed by atoms with van der Waals surface area (Å²) < 4.78 is 0. The number of para-hydroxylation sites is 1. The lowest BCUT2D eigenvalue weighted by Crippen LogP contribution is -2.13. The van der Waals surface area contributed by atoms with Crippen molar-refractivity contribution in [3.05, 3.63) is 95.1 Å². The summed E-state index contributed by atoms with van der Waals surface area (Å²) in [6.45, 7) is 8.54. The van der Waals surface area contributed by atoms with Crippen LogP contribution in [0.1, 0.15) is 53.2 Å². The van der Waals surface area contributed by atoms with E-state index >= 15 is 0 Å². The molecular weight excluding hydrogens is 380 g/mol. The summed E-state index contributed by atoms with van der Waals surface area (Å²) in [7, 11) is 0. The molecular formula is C28H28N2O. The number of benzene rings is 3. The number of hydrogen-bond acceptors (Lipinski definition) is 2. The minimum atomic E-state index is -0.124. The number of fused-ring (bicyclic) bond motifs is 1. The quantitative estimate of drug-likeness (QED) is 0.377. The number of pyridine rings is 1. The standard InChI is InChI=1S/C28H28N2O/c1-5-19(3)21-12-14-22(15-13-21)29-28(31)25-17-27(24-16-18(2)10-11-20(24)4)30-26-9-7-6-8-23(25)26/h6-17,19H,5H2,1-4H3,(H,29,31)/t19-/m1/s1. The van der Waals surface area contributed by atoms with Gasteiger partial charge in [-0.2, -0.15) is 0 Å². The summed E-state index contributed by atoms with van der Waals surface area (Å²) in [4.78, 5) is 18.2. The van der Waals surface area contributed by atoms with Crippen molar-refractivity contribution in [3.63, 3.8) is 0 Å². The van der Waals surface area contributed by atoms with E-state index in [1.165, 1.54) is 11.1 Å². The van der Waals surface area contributed by atoms with Crippen LogP contribution in [-0.4, -0.2) is 10.9 Å². The molecule has 0 saturated carbocycles. The van der Waals surface area contributed by atoms with Crippen LogP contribution in [0.4, 0.5) is 5.69 Å². The van der Waals surface area contributed by atoms with E-state index in [0.717, 1.165) is 39.8 Å². The fourth-order valence-electron chi connectivity index (χ4n) is 3.84. The largest absolute Gasteiger partial charge is 0.322 e. The van der Waals surface area contributed by atoms with E-state index in [-0.39, 0.29) is 5.91 Å². The van der Waals surface area contributed by atoms with Crippen molar-refractivity contribution in [1.82, 2.24) is 4.98 Å². The second kappa shape index (κ2) is 8.73. The molecule has 1 aromatic heterocycles. The Bertz CT molecular complexity index is 1240. The molecule has 0 saturated heterocycles. The second-order valence-corrected chi connectivity index (χ2v) is 8.28. The summed E-state index contributed by atoms with van der Waals surface area (Å²) in [5.74, 6) is 0.385. The Morgan fingerprint density at radius 3 is 2.45 bits per heavy atom. The molecule has 0 aliphatic carbocycles. The van der Waals surface area contributed by atoms with Gasteiger partial charge in [0.1, 0.15) is 0 Å². The number of aromatic nitrogens is 1. The number of anilines is 1. The number of carbonyl (C=O) groups excluding carboxylic acids is 1. The van der Waals surface area contributed by atoms with E-state index in [4.69, 9.17) is 4.98 Å². The van der Waals surface area contributed by atoms with Crippen molar-refractivity contribution >= 4 is 22.5 Å². The third-order valence-electron chi connectivity index (χ3n) is 5.98. The number of carbonyl (C=O) groups is 1. The van der Waals surface area contributed by atoms with Gasteiger partial charge in [0.25, 0.3) is 5.91 Å². The Morgan fingerprint density at radius 2 is 1.71 bits per heavy atom. The first-order valence-electron chi connectivity index (χ1n) is 10.8. The minimum Gasteiger partial charge on any atom is -0.322 e. The average Bonchev–Trinajstić information content (AvgIpc) is 2.79. The van der Waals surface area contributed by atoms with Gasteiger partial charge in [-0.05, 0) is 67.6 Å². The monoisotopic (exact) mass is 408 g/mol. The first-order chi connectivity index (χ1) is 15.0. The van der Waals surface area contributed by atoms with Crippen LogP contribution in [0, 0.1) is 13.8 Å². The summed E-state index contributed by atoms with van der Waals surface area (Å²) in [6.07, 6.45) is 1.09. The van der Waals surface area contributed by atoms with Gasteiger partial charge in [-0.1, -0.05) is 61.9 Å². The predicted molar refractivity (Wildman–Crippen MR) is 130 cm³/mol. The zero-order chi connectivity index (χ0) is 22.0. The van der Waals surface area contributed by atoms with E-state index < -0.39 is 0 Å². The molecule has 3 aromatic carbocycles. The molecule has 1 amide bonds. The molecule has 0 aliphatic heterocycles. The molecule has 0 spiro atoms. The highest BCUT2D eigenvalue weighted by Gasteiger charge is 2.15. The molecule has 4 rings (SSSR count). The first-order valence-corrected chi connectivity index (χ1v) is 10.8. The van der Waals surface area contributed by atoms with E-state index in [2.05, 4.69) is 63.3 Å². The number of hydrogen-bond donors (Lipinski definition) is 1.